The average Bonchev–Trinajstić information content (AvgIpc) is 2.65. The number of rotatable bonds is 2. The first-order chi connectivity index (χ1) is 7.18. The third kappa shape index (κ3) is 1.74. The molecular weight excluding hydrogens is 190 g/mol. The highest BCUT2D eigenvalue weighted by atomic mass is 16.1. The number of aryl methyl sites for hydroxylation is 1. The van der Waals surface area contributed by atoms with E-state index in [1.165, 1.54) is 0 Å². The lowest BCUT2D eigenvalue weighted by molar-refractivity contribution is 0.100. The Morgan fingerprint density at radius 1 is 1.33 bits per heavy atom. The van der Waals surface area contributed by atoms with Crippen molar-refractivity contribution in [3.63, 3.8) is 0 Å². The largest absolute Gasteiger partial charge is 0.366 e. The van der Waals surface area contributed by atoms with Crippen molar-refractivity contribution in [3.8, 4) is 5.69 Å². The maximum absolute atomic E-state index is 10.9. The zero-order chi connectivity index (χ0) is 10.8. The summed E-state index contributed by atoms with van der Waals surface area (Å²) in [6.45, 7) is 1.92. The fourth-order valence-electron chi connectivity index (χ4n) is 1.44. The molecule has 0 aliphatic rings. The van der Waals surface area contributed by atoms with Gasteiger partial charge in [0.1, 0.15) is 5.82 Å². The van der Waals surface area contributed by atoms with Crippen LogP contribution in [0.1, 0.15) is 16.2 Å². The average molecular weight is 201 g/mol. The molecule has 15 heavy (non-hydrogen) atoms. The molecule has 0 spiro atoms. The molecule has 1 aromatic heterocycles. The second kappa shape index (κ2) is 3.57. The van der Waals surface area contributed by atoms with Crippen LogP contribution in [0.5, 0.6) is 0 Å². The summed E-state index contributed by atoms with van der Waals surface area (Å²) >= 11 is 0. The fraction of sp³-hybridized carbons (Fsp3) is 0.0909. The van der Waals surface area contributed by atoms with Crippen molar-refractivity contribution in [1.29, 1.82) is 0 Å². The van der Waals surface area contributed by atoms with Gasteiger partial charge in [0.15, 0.2) is 0 Å². The summed E-state index contributed by atoms with van der Waals surface area (Å²) in [5.74, 6) is 0.491. The highest BCUT2D eigenvalue weighted by Crippen LogP contribution is 2.11. The van der Waals surface area contributed by atoms with Gasteiger partial charge in [-0.1, -0.05) is 0 Å². The number of nitrogens with two attached hydrogens (primary N) is 1. The molecule has 2 N–H and O–H groups in total. The molecular formula is C11H11N3O. The lowest BCUT2D eigenvalue weighted by Gasteiger charge is -2.04. The predicted molar refractivity (Wildman–Crippen MR) is 56.8 cm³/mol. The van der Waals surface area contributed by atoms with E-state index >= 15 is 0 Å². The zero-order valence-corrected chi connectivity index (χ0v) is 8.34. The second-order valence-electron chi connectivity index (χ2n) is 3.26. The van der Waals surface area contributed by atoms with E-state index in [4.69, 9.17) is 5.73 Å². The van der Waals surface area contributed by atoms with Crippen LogP contribution in [0.25, 0.3) is 5.69 Å². The van der Waals surface area contributed by atoms with Crippen LogP contribution < -0.4 is 5.73 Å². The molecule has 1 amide bonds. The molecule has 4 heteroatoms. The molecule has 1 aromatic carbocycles. The van der Waals surface area contributed by atoms with E-state index in [-0.39, 0.29) is 0 Å². The van der Waals surface area contributed by atoms with Crippen LogP contribution in [0.3, 0.4) is 0 Å². The molecule has 0 aliphatic heterocycles. The third-order valence-electron chi connectivity index (χ3n) is 2.26. The fourth-order valence-corrected chi connectivity index (χ4v) is 1.44. The molecule has 0 bridgehead atoms. The number of imidazole rings is 1. The van der Waals surface area contributed by atoms with Crippen molar-refractivity contribution >= 4 is 5.91 Å². The third-order valence-corrected chi connectivity index (χ3v) is 2.26. The van der Waals surface area contributed by atoms with Gasteiger partial charge in [0.2, 0.25) is 5.91 Å². The van der Waals surface area contributed by atoms with Gasteiger partial charge in [-0.15, -0.1) is 0 Å². The van der Waals surface area contributed by atoms with Crippen molar-refractivity contribution < 1.29 is 4.79 Å². The van der Waals surface area contributed by atoms with E-state index in [2.05, 4.69) is 4.98 Å². The van der Waals surface area contributed by atoms with E-state index in [1.807, 2.05) is 29.8 Å². The summed E-state index contributed by atoms with van der Waals surface area (Å²) in [6.07, 6.45) is 3.60. The van der Waals surface area contributed by atoms with Gasteiger partial charge in [-0.2, -0.15) is 0 Å². The molecule has 2 rings (SSSR count). The van der Waals surface area contributed by atoms with Crippen LogP contribution >= 0.6 is 0 Å². The quantitative estimate of drug-likeness (QED) is 0.795. The summed E-state index contributed by atoms with van der Waals surface area (Å²) < 4.78 is 1.94. The smallest absolute Gasteiger partial charge is 0.248 e. The van der Waals surface area contributed by atoms with Crippen LogP contribution in [0, 0.1) is 6.92 Å². The maximum Gasteiger partial charge on any atom is 0.248 e. The van der Waals surface area contributed by atoms with Gasteiger partial charge in [0.25, 0.3) is 0 Å². The van der Waals surface area contributed by atoms with E-state index in [9.17, 15) is 4.79 Å². The Kier molecular flexibility index (Phi) is 2.25. The van der Waals surface area contributed by atoms with Gasteiger partial charge in [-0.25, -0.2) is 4.98 Å². The summed E-state index contributed by atoms with van der Waals surface area (Å²) in [7, 11) is 0. The molecule has 0 aliphatic carbocycles. The number of carbonyl (C=O) groups is 1. The summed E-state index contributed by atoms with van der Waals surface area (Å²) in [4.78, 5) is 15.0. The van der Waals surface area contributed by atoms with Gasteiger partial charge in [0, 0.05) is 23.6 Å². The Labute approximate surface area is 87.4 Å². The predicted octanol–water partition coefficient (Wildman–Crippen LogP) is 1.28. The van der Waals surface area contributed by atoms with Crippen LogP contribution in [0.4, 0.5) is 0 Å². The number of amides is 1. The molecule has 0 saturated heterocycles. The summed E-state index contributed by atoms with van der Waals surface area (Å²) in [6, 6.07) is 7.10. The van der Waals surface area contributed by atoms with Crippen molar-refractivity contribution in [2.75, 3.05) is 0 Å². The lowest BCUT2D eigenvalue weighted by Crippen LogP contribution is -2.10. The van der Waals surface area contributed by atoms with Gasteiger partial charge in [0.05, 0.1) is 0 Å². The van der Waals surface area contributed by atoms with Crippen LogP contribution in [0.2, 0.25) is 0 Å². The number of benzene rings is 1. The lowest BCUT2D eigenvalue weighted by atomic mass is 10.2. The van der Waals surface area contributed by atoms with Crippen molar-refractivity contribution in [1.82, 2.24) is 9.55 Å². The molecule has 0 unspecified atom stereocenters. The topological polar surface area (TPSA) is 60.9 Å². The Balaban J connectivity index is 2.40. The molecule has 0 fully saturated rings. The minimum absolute atomic E-state index is 0.413. The minimum Gasteiger partial charge on any atom is -0.366 e. The van der Waals surface area contributed by atoms with Crippen LogP contribution in [-0.2, 0) is 0 Å². The molecule has 0 saturated carbocycles. The number of aromatic nitrogens is 2. The zero-order valence-electron chi connectivity index (χ0n) is 8.34. The monoisotopic (exact) mass is 201 g/mol. The standard InChI is InChI=1S/C11H11N3O/c1-8-13-6-7-14(8)10-4-2-9(3-5-10)11(12)15/h2-7H,1H3,(H2,12,15). The summed E-state index contributed by atoms with van der Waals surface area (Å²) in [5, 5.41) is 0. The Bertz CT molecular complexity index is 485. The number of hydrogen-bond donors (Lipinski definition) is 1. The number of nitrogens with zero attached hydrogens (tertiary/aromatic N) is 2. The van der Waals surface area contributed by atoms with Crippen molar-refractivity contribution in [2.24, 2.45) is 5.73 Å². The summed E-state index contributed by atoms with van der Waals surface area (Å²) in [5.41, 5.74) is 6.63. The van der Waals surface area contributed by atoms with E-state index in [1.54, 1.807) is 18.3 Å². The van der Waals surface area contributed by atoms with Gasteiger partial charge in [-0.3, -0.25) is 4.79 Å². The highest BCUT2D eigenvalue weighted by Gasteiger charge is 2.02. The van der Waals surface area contributed by atoms with E-state index in [0.717, 1.165) is 11.5 Å². The van der Waals surface area contributed by atoms with E-state index < -0.39 is 5.91 Å². The van der Waals surface area contributed by atoms with Crippen molar-refractivity contribution in [2.45, 2.75) is 6.92 Å². The first-order valence-corrected chi connectivity index (χ1v) is 4.58. The first-order valence-electron chi connectivity index (χ1n) is 4.58. The minimum atomic E-state index is -0.413. The highest BCUT2D eigenvalue weighted by molar-refractivity contribution is 5.92. The molecule has 76 valence electrons. The van der Waals surface area contributed by atoms with Crippen molar-refractivity contribution in [3.05, 3.63) is 48.0 Å². The second-order valence-corrected chi connectivity index (χ2v) is 3.26. The Hall–Kier alpha value is -2.10. The number of carbonyl (C=O) groups excluding carboxylic acids is 1. The molecule has 0 radical (unpaired) electrons. The maximum atomic E-state index is 10.9. The Morgan fingerprint density at radius 2 is 2.00 bits per heavy atom. The van der Waals surface area contributed by atoms with Gasteiger partial charge >= 0.3 is 0 Å². The number of hydrogen-bond acceptors (Lipinski definition) is 2. The molecule has 2 aromatic rings. The molecule has 1 heterocycles. The SMILES string of the molecule is Cc1nccn1-c1ccc(C(N)=O)cc1. The van der Waals surface area contributed by atoms with Crippen LogP contribution in [0.15, 0.2) is 36.7 Å². The molecule has 0 atom stereocenters. The van der Waals surface area contributed by atoms with Gasteiger partial charge in [-0.05, 0) is 31.2 Å². The number of primary amides is 1. The van der Waals surface area contributed by atoms with Crippen LogP contribution in [-0.4, -0.2) is 15.5 Å². The first kappa shape index (κ1) is 9.45. The Morgan fingerprint density at radius 3 is 2.47 bits per heavy atom. The molecule has 4 nitrogen and oxygen atoms in total. The normalized spacial score (nSPS) is 10.2. The van der Waals surface area contributed by atoms with Gasteiger partial charge < -0.3 is 10.3 Å². The van der Waals surface area contributed by atoms with E-state index in [0.29, 0.717) is 5.56 Å².